The molecule has 4 rings (SSSR count). The molecule has 0 amide bonds. The molecular weight excluding hydrogens is 333 g/mol. The molecule has 2 aliphatic rings. The second-order valence-corrected chi connectivity index (χ2v) is 8.49. The summed E-state index contributed by atoms with van der Waals surface area (Å²) in [5.41, 5.74) is 6.83. The molecule has 0 radical (unpaired) electrons. The van der Waals surface area contributed by atoms with E-state index >= 15 is 0 Å². The van der Waals surface area contributed by atoms with Crippen molar-refractivity contribution in [3.63, 3.8) is 0 Å². The predicted molar refractivity (Wildman–Crippen MR) is 112 cm³/mol. The summed E-state index contributed by atoms with van der Waals surface area (Å²) in [7, 11) is 0. The first kappa shape index (κ1) is 18.2. The molecule has 1 atom stereocenters. The van der Waals surface area contributed by atoms with Gasteiger partial charge in [0, 0.05) is 22.4 Å². The third kappa shape index (κ3) is 2.61. The van der Waals surface area contributed by atoms with E-state index in [0.717, 1.165) is 30.3 Å². The van der Waals surface area contributed by atoms with Crippen molar-refractivity contribution in [2.45, 2.75) is 59.3 Å². The summed E-state index contributed by atoms with van der Waals surface area (Å²) in [6.45, 7) is 10.8. The molecule has 2 aromatic rings. The van der Waals surface area contributed by atoms with Gasteiger partial charge in [0.05, 0.1) is 5.69 Å². The van der Waals surface area contributed by atoms with Crippen LogP contribution < -0.4 is 0 Å². The van der Waals surface area contributed by atoms with Gasteiger partial charge in [-0.1, -0.05) is 50.6 Å². The maximum atomic E-state index is 15.0. The van der Waals surface area contributed by atoms with Gasteiger partial charge in [-0.3, -0.25) is 4.98 Å². The SMILES string of the molecule is CCC=CCC1CC=C(C)C2=C1c1nccc3c(F)c(C)cc(c13)C2(C)C. The van der Waals surface area contributed by atoms with Gasteiger partial charge in [0.25, 0.3) is 0 Å². The smallest absolute Gasteiger partial charge is 0.134 e. The number of hydrogen-bond donors (Lipinski definition) is 0. The Balaban J connectivity index is 2.05. The molecule has 0 spiro atoms. The van der Waals surface area contributed by atoms with E-state index in [0.29, 0.717) is 16.9 Å². The van der Waals surface area contributed by atoms with Gasteiger partial charge in [0.15, 0.2) is 0 Å². The Bertz CT molecular complexity index is 1020. The van der Waals surface area contributed by atoms with Crippen molar-refractivity contribution in [2.24, 2.45) is 5.92 Å². The van der Waals surface area contributed by atoms with Crippen LogP contribution in [0.3, 0.4) is 0 Å². The predicted octanol–water partition coefficient (Wildman–Crippen LogP) is 7.05. The molecule has 0 saturated carbocycles. The lowest BCUT2D eigenvalue weighted by atomic mass is 9.62. The van der Waals surface area contributed by atoms with Crippen LogP contribution >= 0.6 is 0 Å². The molecule has 140 valence electrons. The number of fused-ring (bicyclic) bond motifs is 1. The minimum atomic E-state index is -0.157. The van der Waals surface area contributed by atoms with Crippen LogP contribution in [0.5, 0.6) is 0 Å². The lowest BCUT2D eigenvalue weighted by Gasteiger charge is -2.41. The Labute approximate surface area is 161 Å². The summed E-state index contributed by atoms with van der Waals surface area (Å²) in [5.74, 6) is 0.296. The summed E-state index contributed by atoms with van der Waals surface area (Å²) in [5, 5.41) is 1.73. The first-order valence-corrected chi connectivity index (χ1v) is 10.0. The minimum Gasteiger partial charge on any atom is -0.256 e. The highest BCUT2D eigenvalue weighted by atomic mass is 19.1. The van der Waals surface area contributed by atoms with Crippen molar-refractivity contribution in [1.82, 2.24) is 4.98 Å². The Morgan fingerprint density at radius 3 is 2.78 bits per heavy atom. The standard InChI is InChI=1S/C25H28FN/c1-6-7-8-9-17-11-10-15(2)22-20(17)24-21-18(12-13-27-24)23(26)16(3)14-19(21)25(22,4)5/h7-8,10,12-14,17H,6,9,11H2,1-5H3. The van der Waals surface area contributed by atoms with Gasteiger partial charge in [0.1, 0.15) is 5.82 Å². The highest BCUT2D eigenvalue weighted by Gasteiger charge is 2.40. The fraction of sp³-hybridized carbons (Fsp3) is 0.400. The Kier molecular flexibility index (Phi) is 4.33. The van der Waals surface area contributed by atoms with E-state index in [1.54, 1.807) is 6.20 Å². The molecule has 1 aromatic carbocycles. The molecule has 1 nitrogen and oxygen atoms in total. The number of nitrogens with zero attached hydrogens (tertiary/aromatic N) is 1. The molecule has 0 saturated heterocycles. The van der Waals surface area contributed by atoms with E-state index in [9.17, 15) is 4.39 Å². The highest BCUT2D eigenvalue weighted by Crippen LogP contribution is 2.53. The van der Waals surface area contributed by atoms with Gasteiger partial charge in [-0.2, -0.15) is 0 Å². The maximum Gasteiger partial charge on any atom is 0.134 e. The molecular formula is C25H28FN. The monoisotopic (exact) mass is 361 g/mol. The molecule has 27 heavy (non-hydrogen) atoms. The molecule has 0 bridgehead atoms. The maximum absolute atomic E-state index is 15.0. The second-order valence-electron chi connectivity index (χ2n) is 8.49. The van der Waals surface area contributed by atoms with Crippen molar-refractivity contribution in [2.75, 3.05) is 0 Å². The minimum absolute atomic E-state index is 0.109. The summed E-state index contributed by atoms with van der Waals surface area (Å²) >= 11 is 0. The molecule has 1 heterocycles. The number of aromatic nitrogens is 1. The van der Waals surface area contributed by atoms with Crippen molar-refractivity contribution in [3.05, 3.63) is 70.3 Å². The normalized spacial score (nSPS) is 21.0. The van der Waals surface area contributed by atoms with Crippen LogP contribution in [0.2, 0.25) is 0 Å². The van der Waals surface area contributed by atoms with Gasteiger partial charge in [0.2, 0.25) is 0 Å². The number of halogens is 1. The number of pyridine rings is 1. The first-order chi connectivity index (χ1) is 12.9. The number of aryl methyl sites for hydroxylation is 1. The average molecular weight is 362 g/mol. The van der Waals surface area contributed by atoms with E-state index in [1.165, 1.54) is 22.3 Å². The highest BCUT2D eigenvalue weighted by molar-refractivity contribution is 6.01. The van der Waals surface area contributed by atoms with Gasteiger partial charge in [-0.05, 0) is 67.4 Å². The molecule has 1 aromatic heterocycles. The second kappa shape index (κ2) is 6.44. The van der Waals surface area contributed by atoms with Crippen molar-refractivity contribution >= 4 is 16.3 Å². The Morgan fingerprint density at radius 2 is 2.04 bits per heavy atom. The van der Waals surface area contributed by atoms with Crippen LogP contribution in [0.4, 0.5) is 4.39 Å². The van der Waals surface area contributed by atoms with Crippen molar-refractivity contribution in [1.29, 1.82) is 0 Å². The van der Waals surface area contributed by atoms with Crippen LogP contribution in [-0.2, 0) is 5.41 Å². The average Bonchev–Trinajstić information content (AvgIpc) is 2.64. The quantitative estimate of drug-likeness (QED) is 0.534. The summed E-state index contributed by atoms with van der Waals surface area (Å²) in [4.78, 5) is 4.80. The largest absolute Gasteiger partial charge is 0.256 e. The topological polar surface area (TPSA) is 12.9 Å². The zero-order chi connectivity index (χ0) is 19.3. The number of hydrogen-bond acceptors (Lipinski definition) is 1. The summed E-state index contributed by atoms with van der Waals surface area (Å²) in [6, 6.07) is 3.88. The van der Waals surface area contributed by atoms with E-state index in [1.807, 2.05) is 19.1 Å². The van der Waals surface area contributed by atoms with Gasteiger partial charge >= 0.3 is 0 Å². The zero-order valence-electron chi connectivity index (χ0n) is 17.0. The molecule has 1 unspecified atom stereocenters. The lowest BCUT2D eigenvalue weighted by molar-refractivity contribution is 0.587. The Morgan fingerprint density at radius 1 is 1.26 bits per heavy atom. The number of benzene rings is 1. The first-order valence-electron chi connectivity index (χ1n) is 10.0. The van der Waals surface area contributed by atoms with Crippen LogP contribution in [0, 0.1) is 18.7 Å². The van der Waals surface area contributed by atoms with Crippen molar-refractivity contribution < 1.29 is 4.39 Å². The summed E-state index contributed by atoms with van der Waals surface area (Å²) < 4.78 is 15.0. The van der Waals surface area contributed by atoms with Crippen molar-refractivity contribution in [3.8, 4) is 0 Å². The molecule has 0 N–H and O–H groups in total. The molecule has 0 aliphatic heterocycles. The molecule has 2 heteroatoms. The number of rotatable bonds is 3. The fourth-order valence-corrected chi connectivity index (χ4v) is 5.05. The van der Waals surface area contributed by atoms with Crippen LogP contribution in [0.25, 0.3) is 16.3 Å². The van der Waals surface area contributed by atoms with Crippen LogP contribution in [-0.4, -0.2) is 4.98 Å². The third-order valence-electron chi connectivity index (χ3n) is 6.32. The van der Waals surface area contributed by atoms with E-state index < -0.39 is 0 Å². The third-order valence-corrected chi connectivity index (χ3v) is 6.32. The summed E-state index contributed by atoms with van der Waals surface area (Å²) in [6.07, 6.45) is 11.8. The van der Waals surface area contributed by atoms with Crippen LogP contribution in [0.1, 0.15) is 63.8 Å². The number of allylic oxidation sites excluding steroid dienone is 6. The lowest BCUT2D eigenvalue weighted by Crippen LogP contribution is -2.30. The van der Waals surface area contributed by atoms with Gasteiger partial charge in [-0.15, -0.1) is 0 Å². The van der Waals surface area contributed by atoms with Gasteiger partial charge in [-0.25, -0.2) is 4.39 Å². The zero-order valence-corrected chi connectivity index (χ0v) is 17.0. The molecule has 2 aliphatic carbocycles. The molecule has 0 fully saturated rings. The Hall–Kier alpha value is -2.22. The van der Waals surface area contributed by atoms with E-state index in [2.05, 4.69) is 45.9 Å². The van der Waals surface area contributed by atoms with Crippen LogP contribution in [0.15, 0.2) is 47.7 Å². The fourth-order valence-electron chi connectivity index (χ4n) is 5.05. The van der Waals surface area contributed by atoms with E-state index in [-0.39, 0.29) is 11.2 Å². The van der Waals surface area contributed by atoms with Gasteiger partial charge < -0.3 is 0 Å². The van der Waals surface area contributed by atoms with E-state index in [4.69, 9.17) is 4.98 Å².